The van der Waals surface area contributed by atoms with Crippen molar-refractivity contribution in [3.63, 3.8) is 0 Å². The Kier molecular flexibility index (Phi) is 5.76. The molecule has 4 nitrogen and oxygen atoms in total. The fraction of sp³-hybridized carbons (Fsp3) is 0.500. The molecule has 1 aromatic rings. The highest BCUT2D eigenvalue weighted by atomic mass is 19.1. The van der Waals surface area contributed by atoms with Crippen molar-refractivity contribution < 1.29 is 13.9 Å². The number of benzene rings is 1. The maximum Gasteiger partial charge on any atom is 0.258 e. The van der Waals surface area contributed by atoms with Crippen molar-refractivity contribution in [3.05, 3.63) is 29.6 Å². The topological polar surface area (TPSA) is 64.3 Å². The summed E-state index contributed by atoms with van der Waals surface area (Å²) in [5, 5.41) is 3.21. The van der Waals surface area contributed by atoms with Crippen molar-refractivity contribution in [1.82, 2.24) is 5.32 Å². The molecule has 0 bridgehead atoms. The first kappa shape index (κ1) is 15.4. The third-order valence-corrected chi connectivity index (χ3v) is 2.59. The Morgan fingerprint density at radius 2 is 2.11 bits per heavy atom. The standard InChI is InChI=1S/C14H21FN2O2/c1-9(2)7-17-8-11-6-12(15)4-5-13(11)19-10(3)14(16)18/h4-6,9-10,17H,7-8H2,1-3H3,(H2,16,18). The van der Waals surface area contributed by atoms with E-state index in [-0.39, 0.29) is 5.82 Å². The van der Waals surface area contributed by atoms with Gasteiger partial charge < -0.3 is 15.8 Å². The van der Waals surface area contributed by atoms with Crippen LogP contribution >= 0.6 is 0 Å². The van der Waals surface area contributed by atoms with Gasteiger partial charge in [-0.2, -0.15) is 0 Å². The molecule has 1 rings (SSSR count). The highest BCUT2D eigenvalue weighted by molar-refractivity contribution is 5.78. The highest BCUT2D eigenvalue weighted by Crippen LogP contribution is 2.21. The molecule has 0 saturated heterocycles. The number of ether oxygens (including phenoxy) is 1. The van der Waals surface area contributed by atoms with Crippen molar-refractivity contribution >= 4 is 5.91 Å². The van der Waals surface area contributed by atoms with E-state index in [0.717, 1.165) is 6.54 Å². The van der Waals surface area contributed by atoms with Crippen LogP contribution in [0.2, 0.25) is 0 Å². The van der Waals surface area contributed by atoms with Crippen LogP contribution in [0.1, 0.15) is 26.3 Å². The van der Waals surface area contributed by atoms with Crippen LogP contribution in [0.15, 0.2) is 18.2 Å². The lowest BCUT2D eigenvalue weighted by Crippen LogP contribution is -2.31. The minimum Gasteiger partial charge on any atom is -0.481 e. The molecule has 0 aromatic heterocycles. The predicted molar refractivity (Wildman–Crippen MR) is 72.2 cm³/mol. The maximum absolute atomic E-state index is 13.3. The Labute approximate surface area is 113 Å². The van der Waals surface area contributed by atoms with Gasteiger partial charge in [0.2, 0.25) is 0 Å². The molecule has 5 heteroatoms. The first-order valence-electron chi connectivity index (χ1n) is 6.35. The zero-order chi connectivity index (χ0) is 14.4. The summed E-state index contributed by atoms with van der Waals surface area (Å²) in [4.78, 5) is 11.0. The molecule has 0 fully saturated rings. The van der Waals surface area contributed by atoms with E-state index in [2.05, 4.69) is 19.2 Å². The second kappa shape index (κ2) is 7.09. The molecular formula is C14H21FN2O2. The van der Waals surface area contributed by atoms with Gasteiger partial charge in [0.15, 0.2) is 6.10 Å². The first-order chi connectivity index (χ1) is 8.90. The Morgan fingerprint density at radius 3 is 2.68 bits per heavy atom. The lowest BCUT2D eigenvalue weighted by atomic mass is 10.1. The summed E-state index contributed by atoms with van der Waals surface area (Å²) in [6.07, 6.45) is -0.741. The normalized spacial score (nSPS) is 12.5. The summed E-state index contributed by atoms with van der Waals surface area (Å²) in [6, 6.07) is 4.21. The van der Waals surface area contributed by atoms with Gasteiger partial charge >= 0.3 is 0 Å². The van der Waals surface area contributed by atoms with Crippen LogP contribution in [-0.2, 0) is 11.3 Å². The van der Waals surface area contributed by atoms with Gasteiger partial charge in [0.1, 0.15) is 11.6 Å². The molecule has 1 amide bonds. The van der Waals surface area contributed by atoms with Crippen molar-refractivity contribution in [1.29, 1.82) is 0 Å². The molecule has 3 N–H and O–H groups in total. The van der Waals surface area contributed by atoms with E-state index in [1.807, 2.05) is 0 Å². The van der Waals surface area contributed by atoms with E-state index in [0.29, 0.717) is 23.8 Å². The van der Waals surface area contributed by atoms with Gasteiger partial charge in [-0.05, 0) is 37.6 Å². The molecule has 0 saturated carbocycles. The summed E-state index contributed by atoms with van der Waals surface area (Å²) in [5.41, 5.74) is 5.82. The van der Waals surface area contributed by atoms with Crippen molar-refractivity contribution in [3.8, 4) is 5.75 Å². The van der Waals surface area contributed by atoms with Crippen LogP contribution in [-0.4, -0.2) is 18.6 Å². The van der Waals surface area contributed by atoms with Gasteiger partial charge in [-0.25, -0.2) is 4.39 Å². The lowest BCUT2D eigenvalue weighted by Gasteiger charge is -2.16. The summed E-state index contributed by atoms with van der Waals surface area (Å²) < 4.78 is 18.7. The first-order valence-corrected chi connectivity index (χ1v) is 6.35. The number of hydrogen-bond donors (Lipinski definition) is 2. The highest BCUT2D eigenvalue weighted by Gasteiger charge is 2.13. The minimum atomic E-state index is -0.741. The van der Waals surface area contributed by atoms with E-state index >= 15 is 0 Å². The van der Waals surface area contributed by atoms with Gasteiger partial charge in [-0.3, -0.25) is 4.79 Å². The SMILES string of the molecule is CC(C)CNCc1cc(F)ccc1OC(C)C(N)=O. The summed E-state index contributed by atoms with van der Waals surface area (Å²) in [5.74, 6) is 0.0947. The minimum absolute atomic E-state index is 0.333. The molecular weight excluding hydrogens is 247 g/mol. The number of primary amides is 1. The molecule has 0 aliphatic heterocycles. The quantitative estimate of drug-likeness (QED) is 0.793. The second-order valence-electron chi connectivity index (χ2n) is 4.94. The summed E-state index contributed by atoms with van der Waals surface area (Å²) in [6.45, 7) is 7.05. The third kappa shape index (κ3) is 5.26. The number of halogens is 1. The van der Waals surface area contributed by atoms with E-state index in [9.17, 15) is 9.18 Å². The van der Waals surface area contributed by atoms with Crippen molar-refractivity contribution in [2.45, 2.75) is 33.4 Å². The number of carbonyl (C=O) groups excluding carboxylic acids is 1. The van der Waals surface area contributed by atoms with E-state index in [1.165, 1.54) is 18.2 Å². The smallest absolute Gasteiger partial charge is 0.258 e. The van der Waals surface area contributed by atoms with E-state index in [4.69, 9.17) is 10.5 Å². The van der Waals surface area contributed by atoms with E-state index in [1.54, 1.807) is 6.92 Å². The molecule has 0 aliphatic rings. The number of carbonyl (C=O) groups is 1. The molecule has 0 heterocycles. The van der Waals surface area contributed by atoms with E-state index < -0.39 is 12.0 Å². The zero-order valence-electron chi connectivity index (χ0n) is 11.6. The Morgan fingerprint density at radius 1 is 1.42 bits per heavy atom. The van der Waals surface area contributed by atoms with Crippen LogP contribution < -0.4 is 15.8 Å². The third-order valence-electron chi connectivity index (χ3n) is 2.59. The van der Waals surface area contributed by atoms with Crippen molar-refractivity contribution in [2.75, 3.05) is 6.54 Å². The largest absolute Gasteiger partial charge is 0.481 e. The maximum atomic E-state index is 13.3. The summed E-state index contributed by atoms with van der Waals surface area (Å²) in [7, 11) is 0. The molecule has 1 atom stereocenters. The lowest BCUT2D eigenvalue weighted by molar-refractivity contribution is -0.124. The summed E-state index contributed by atoms with van der Waals surface area (Å²) >= 11 is 0. The average Bonchev–Trinajstić information content (AvgIpc) is 2.31. The number of nitrogens with one attached hydrogen (secondary N) is 1. The molecule has 1 aromatic carbocycles. The van der Waals surface area contributed by atoms with Gasteiger partial charge in [0.05, 0.1) is 0 Å². The fourth-order valence-electron chi connectivity index (χ4n) is 1.55. The number of amides is 1. The van der Waals surface area contributed by atoms with Crippen LogP contribution in [0.25, 0.3) is 0 Å². The Hall–Kier alpha value is -1.62. The van der Waals surface area contributed by atoms with Gasteiger partial charge in [-0.1, -0.05) is 13.8 Å². The Balaban J connectivity index is 2.76. The molecule has 19 heavy (non-hydrogen) atoms. The zero-order valence-corrected chi connectivity index (χ0v) is 11.6. The predicted octanol–water partition coefficient (Wildman–Crippen LogP) is 1.82. The molecule has 0 radical (unpaired) electrons. The molecule has 106 valence electrons. The monoisotopic (exact) mass is 268 g/mol. The van der Waals surface area contributed by atoms with Crippen LogP contribution in [0.3, 0.4) is 0 Å². The van der Waals surface area contributed by atoms with Crippen LogP contribution in [0.5, 0.6) is 5.75 Å². The number of hydrogen-bond acceptors (Lipinski definition) is 3. The molecule has 0 spiro atoms. The van der Waals surface area contributed by atoms with Gasteiger partial charge in [0, 0.05) is 12.1 Å². The Bertz CT molecular complexity index is 435. The van der Waals surface area contributed by atoms with Gasteiger partial charge in [0.25, 0.3) is 5.91 Å². The molecule has 1 unspecified atom stereocenters. The van der Waals surface area contributed by atoms with Gasteiger partial charge in [-0.15, -0.1) is 0 Å². The fourth-order valence-corrected chi connectivity index (χ4v) is 1.55. The molecule has 0 aliphatic carbocycles. The number of rotatable bonds is 7. The number of nitrogens with two attached hydrogens (primary N) is 1. The van der Waals surface area contributed by atoms with Crippen LogP contribution in [0, 0.1) is 11.7 Å². The second-order valence-corrected chi connectivity index (χ2v) is 4.94. The average molecular weight is 268 g/mol. The van der Waals surface area contributed by atoms with Crippen LogP contribution in [0.4, 0.5) is 4.39 Å². The van der Waals surface area contributed by atoms with Crippen molar-refractivity contribution in [2.24, 2.45) is 11.7 Å².